The molecule has 1 rings (SSSR count). The molecule has 0 aromatic heterocycles. The van der Waals surface area contributed by atoms with E-state index >= 15 is 0 Å². The van der Waals surface area contributed by atoms with Crippen molar-refractivity contribution in [2.24, 2.45) is 0 Å². The van der Waals surface area contributed by atoms with Crippen LogP contribution in [-0.4, -0.2) is 28.9 Å². The molecule has 0 aliphatic heterocycles. The summed E-state index contributed by atoms with van der Waals surface area (Å²) in [5, 5.41) is 0.132. The summed E-state index contributed by atoms with van der Waals surface area (Å²) in [6, 6.07) is 10.2. The summed E-state index contributed by atoms with van der Waals surface area (Å²) in [4.78, 5) is 0. The predicted molar refractivity (Wildman–Crippen MR) is 63.6 cm³/mol. The summed E-state index contributed by atoms with van der Waals surface area (Å²) in [6.45, 7) is 2.68. The van der Waals surface area contributed by atoms with Crippen LogP contribution in [0.15, 0.2) is 40.2 Å². The molecule has 1 radical (unpaired) electrons. The third-order valence-electron chi connectivity index (χ3n) is 1.75. The summed E-state index contributed by atoms with van der Waals surface area (Å²) in [7, 11) is 0. The number of ether oxygens (including phenoxy) is 1. The molecule has 0 saturated carbocycles. The molecule has 0 aliphatic rings. The van der Waals surface area contributed by atoms with Crippen LogP contribution in [0.3, 0.4) is 0 Å². The van der Waals surface area contributed by atoms with Gasteiger partial charge in [-0.25, -0.2) is 0 Å². The van der Waals surface area contributed by atoms with Gasteiger partial charge >= 0.3 is 104 Å². The van der Waals surface area contributed by atoms with Crippen LogP contribution in [0.5, 0.6) is 0 Å². The SMILES string of the molecule is CCO/C=C(\[Te])C(S)c1ccccc1. The molecule has 0 saturated heterocycles. The molecule has 0 heterocycles. The van der Waals surface area contributed by atoms with Gasteiger partial charge in [0.2, 0.25) is 0 Å². The second-order valence-electron chi connectivity index (χ2n) is 2.79. The van der Waals surface area contributed by atoms with Gasteiger partial charge in [-0.3, -0.25) is 0 Å². The molecular weight excluding hydrogens is 308 g/mol. The van der Waals surface area contributed by atoms with Gasteiger partial charge in [-0.15, -0.1) is 0 Å². The molecule has 3 heteroatoms. The van der Waals surface area contributed by atoms with Crippen molar-refractivity contribution in [3.05, 3.63) is 45.8 Å². The molecule has 0 aliphatic carbocycles. The number of rotatable bonds is 4. The van der Waals surface area contributed by atoms with Gasteiger partial charge in [-0.2, -0.15) is 0 Å². The Hall–Kier alpha value is -0.100. The minimum atomic E-state index is 0.132. The average molecular weight is 321 g/mol. The quantitative estimate of drug-likeness (QED) is 0.510. The molecule has 75 valence electrons. The molecule has 0 fully saturated rings. The van der Waals surface area contributed by atoms with Gasteiger partial charge in [0.25, 0.3) is 0 Å². The number of benzene rings is 1. The fourth-order valence-electron chi connectivity index (χ4n) is 1.03. The van der Waals surface area contributed by atoms with Crippen LogP contribution in [0.25, 0.3) is 0 Å². The molecule has 0 spiro atoms. The van der Waals surface area contributed by atoms with Gasteiger partial charge in [0.05, 0.1) is 0 Å². The van der Waals surface area contributed by atoms with Crippen LogP contribution in [-0.2, 0) is 4.74 Å². The van der Waals surface area contributed by atoms with Gasteiger partial charge in [-0.05, 0) is 0 Å². The molecule has 0 bridgehead atoms. The molecule has 1 aromatic carbocycles. The number of hydrogen-bond donors (Lipinski definition) is 1. The van der Waals surface area contributed by atoms with E-state index < -0.39 is 0 Å². The monoisotopic (exact) mass is 323 g/mol. The standard InChI is InChI=1S/C11H13OSTe/c1-2-12-8-10(14)11(13)9-6-4-3-5-7-9/h3-8,11,13H,2H2,1H3/b10-8-. The van der Waals surface area contributed by atoms with E-state index in [1.54, 1.807) is 6.26 Å². The van der Waals surface area contributed by atoms with Crippen LogP contribution in [0.2, 0.25) is 0 Å². The fourth-order valence-corrected chi connectivity index (χ4v) is 1.85. The molecule has 0 amide bonds. The van der Waals surface area contributed by atoms with Crippen molar-refractivity contribution in [1.29, 1.82) is 0 Å². The number of hydrogen-bond acceptors (Lipinski definition) is 2. The van der Waals surface area contributed by atoms with E-state index in [9.17, 15) is 0 Å². The molecule has 1 nitrogen and oxygen atoms in total. The van der Waals surface area contributed by atoms with E-state index in [-0.39, 0.29) is 5.25 Å². The maximum absolute atomic E-state index is 5.23. The molecular formula is C11H13OSTe. The zero-order chi connectivity index (χ0) is 10.4. The Morgan fingerprint density at radius 1 is 1.50 bits per heavy atom. The Balaban J connectivity index is 2.70. The van der Waals surface area contributed by atoms with Crippen molar-refractivity contribution in [1.82, 2.24) is 0 Å². The Labute approximate surface area is 104 Å². The third kappa shape index (κ3) is 3.57. The molecule has 1 atom stereocenters. The van der Waals surface area contributed by atoms with Crippen molar-refractivity contribution in [3.8, 4) is 0 Å². The van der Waals surface area contributed by atoms with E-state index in [1.165, 1.54) is 5.56 Å². The van der Waals surface area contributed by atoms with Gasteiger partial charge in [0.1, 0.15) is 0 Å². The summed E-state index contributed by atoms with van der Waals surface area (Å²) < 4.78 is 6.37. The van der Waals surface area contributed by atoms with Crippen molar-refractivity contribution in [2.75, 3.05) is 6.61 Å². The van der Waals surface area contributed by atoms with Gasteiger partial charge in [0, 0.05) is 0 Å². The Bertz CT molecular complexity index is 297. The third-order valence-corrected chi connectivity index (χ3v) is 3.82. The first-order valence-electron chi connectivity index (χ1n) is 4.47. The summed E-state index contributed by atoms with van der Waals surface area (Å²) >= 11 is 6.49. The zero-order valence-corrected chi connectivity index (χ0v) is 11.2. The number of thiol groups is 1. The van der Waals surface area contributed by atoms with Crippen molar-refractivity contribution in [2.45, 2.75) is 12.2 Å². The minimum absolute atomic E-state index is 0.132. The normalized spacial score (nSPS) is 13.7. The summed E-state index contributed by atoms with van der Waals surface area (Å²) in [5.41, 5.74) is 1.20. The average Bonchev–Trinajstić information content (AvgIpc) is 2.26. The van der Waals surface area contributed by atoms with Crippen LogP contribution in [0.1, 0.15) is 17.7 Å². The van der Waals surface area contributed by atoms with E-state index in [1.807, 2.05) is 47.4 Å². The van der Waals surface area contributed by atoms with E-state index in [0.717, 1.165) is 3.62 Å². The first-order chi connectivity index (χ1) is 6.75. The molecule has 1 unspecified atom stereocenters. The fraction of sp³-hybridized carbons (Fsp3) is 0.273. The second-order valence-corrected chi connectivity index (χ2v) is 4.65. The Morgan fingerprint density at radius 2 is 2.14 bits per heavy atom. The Kier molecular flexibility index (Phi) is 5.47. The molecule has 1 aromatic rings. The van der Waals surface area contributed by atoms with Crippen LogP contribution < -0.4 is 0 Å². The zero-order valence-electron chi connectivity index (χ0n) is 8.01. The van der Waals surface area contributed by atoms with Crippen molar-refractivity contribution in [3.63, 3.8) is 0 Å². The van der Waals surface area contributed by atoms with Gasteiger partial charge < -0.3 is 0 Å². The van der Waals surface area contributed by atoms with E-state index in [4.69, 9.17) is 4.74 Å². The summed E-state index contributed by atoms with van der Waals surface area (Å²) in [6.07, 6.45) is 1.79. The van der Waals surface area contributed by atoms with Gasteiger partial charge in [0.15, 0.2) is 0 Å². The van der Waals surface area contributed by atoms with Crippen molar-refractivity contribution >= 4 is 34.9 Å². The van der Waals surface area contributed by atoms with E-state index in [2.05, 4.69) is 24.8 Å². The summed E-state index contributed by atoms with van der Waals surface area (Å²) in [5.74, 6) is 0. The van der Waals surface area contributed by atoms with Crippen molar-refractivity contribution < 1.29 is 4.74 Å². The maximum atomic E-state index is 5.23. The topological polar surface area (TPSA) is 9.23 Å². The van der Waals surface area contributed by atoms with E-state index in [0.29, 0.717) is 6.61 Å². The van der Waals surface area contributed by atoms with Gasteiger partial charge in [-0.1, -0.05) is 0 Å². The second kappa shape index (κ2) is 6.40. The van der Waals surface area contributed by atoms with Crippen LogP contribution >= 0.6 is 12.6 Å². The van der Waals surface area contributed by atoms with Crippen LogP contribution in [0, 0.1) is 0 Å². The Morgan fingerprint density at radius 3 is 2.71 bits per heavy atom. The first-order valence-corrected chi connectivity index (χ1v) is 6.15. The molecule has 14 heavy (non-hydrogen) atoms. The predicted octanol–water partition coefficient (Wildman–Crippen LogP) is 2.70. The first kappa shape index (κ1) is 12.0. The van der Waals surface area contributed by atoms with Crippen LogP contribution in [0.4, 0.5) is 0 Å². The molecule has 0 N–H and O–H groups in total.